The molecule has 1 heterocycles. The van der Waals surface area contributed by atoms with E-state index in [0.29, 0.717) is 18.5 Å². The standard InChI is InChI=1S/C13H24N2O/c1-2-11-4-3-8-15(9-7-11)13(16)10-14-12-5-6-12/h11-12,14H,2-10H2,1H3. The molecule has 1 amide bonds. The number of rotatable bonds is 4. The first-order valence-corrected chi connectivity index (χ1v) is 6.80. The third kappa shape index (κ3) is 3.48. The van der Waals surface area contributed by atoms with E-state index in [1.54, 1.807) is 0 Å². The minimum atomic E-state index is 0.309. The Hall–Kier alpha value is -0.570. The van der Waals surface area contributed by atoms with Crippen molar-refractivity contribution in [2.45, 2.75) is 51.5 Å². The zero-order valence-corrected chi connectivity index (χ0v) is 10.4. The molecule has 1 N–H and O–H groups in total. The van der Waals surface area contributed by atoms with Crippen molar-refractivity contribution in [3.8, 4) is 0 Å². The maximum absolute atomic E-state index is 11.9. The van der Waals surface area contributed by atoms with Crippen LogP contribution in [0.15, 0.2) is 0 Å². The molecule has 2 fully saturated rings. The van der Waals surface area contributed by atoms with Gasteiger partial charge in [-0.05, 0) is 38.0 Å². The third-order valence-corrected chi connectivity index (χ3v) is 3.90. The second-order valence-electron chi connectivity index (χ2n) is 5.24. The molecule has 92 valence electrons. The van der Waals surface area contributed by atoms with Crippen LogP contribution < -0.4 is 5.32 Å². The molecule has 1 atom stereocenters. The first kappa shape index (κ1) is 11.9. The van der Waals surface area contributed by atoms with E-state index in [2.05, 4.69) is 17.1 Å². The van der Waals surface area contributed by atoms with Gasteiger partial charge in [0.1, 0.15) is 0 Å². The van der Waals surface area contributed by atoms with Crippen molar-refractivity contribution in [1.82, 2.24) is 10.2 Å². The van der Waals surface area contributed by atoms with Gasteiger partial charge < -0.3 is 10.2 Å². The topological polar surface area (TPSA) is 32.3 Å². The van der Waals surface area contributed by atoms with Crippen LogP contribution in [0.3, 0.4) is 0 Å². The highest BCUT2D eigenvalue weighted by Crippen LogP contribution is 2.21. The van der Waals surface area contributed by atoms with E-state index < -0.39 is 0 Å². The lowest BCUT2D eigenvalue weighted by Crippen LogP contribution is -2.39. The molecule has 16 heavy (non-hydrogen) atoms. The first-order valence-electron chi connectivity index (χ1n) is 6.80. The summed E-state index contributed by atoms with van der Waals surface area (Å²) in [4.78, 5) is 14.0. The van der Waals surface area contributed by atoms with E-state index in [4.69, 9.17) is 0 Å². The SMILES string of the molecule is CCC1CCCN(C(=O)CNC2CC2)CC1. The molecule has 0 radical (unpaired) electrons. The molecule has 0 aromatic carbocycles. The predicted octanol–water partition coefficient (Wildman–Crippen LogP) is 1.78. The van der Waals surface area contributed by atoms with Gasteiger partial charge in [-0.15, -0.1) is 0 Å². The van der Waals surface area contributed by atoms with Gasteiger partial charge in [-0.3, -0.25) is 4.79 Å². The van der Waals surface area contributed by atoms with Gasteiger partial charge in [0.2, 0.25) is 5.91 Å². The fourth-order valence-corrected chi connectivity index (χ4v) is 2.45. The maximum Gasteiger partial charge on any atom is 0.236 e. The molecular formula is C13H24N2O. The zero-order valence-electron chi connectivity index (χ0n) is 10.4. The number of amides is 1. The summed E-state index contributed by atoms with van der Waals surface area (Å²) >= 11 is 0. The summed E-state index contributed by atoms with van der Waals surface area (Å²) in [6.07, 6.45) is 7.47. The summed E-state index contributed by atoms with van der Waals surface area (Å²) < 4.78 is 0. The van der Waals surface area contributed by atoms with Crippen LogP contribution >= 0.6 is 0 Å². The van der Waals surface area contributed by atoms with Gasteiger partial charge in [0.25, 0.3) is 0 Å². The Bertz CT molecular complexity index is 238. The van der Waals surface area contributed by atoms with E-state index in [-0.39, 0.29) is 0 Å². The maximum atomic E-state index is 11.9. The summed E-state index contributed by atoms with van der Waals surface area (Å²) in [6, 6.07) is 0.638. The highest BCUT2D eigenvalue weighted by atomic mass is 16.2. The fourth-order valence-electron chi connectivity index (χ4n) is 2.45. The summed E-state index contributed by atoms with van der Waals surface area (Å²) in [5.41, 5.74) is 0. The average Bonchev–Trinajstić information content (AvgIpc) is 3.12. The lowest BCUT2D eigenvalue weighted by molar-refractivity contribution is -0.130. The monoisotopic (exact) mass is 224 g/mol. The van der Waals surface area contributed by atoms with Gasteiger partial charge in [-0.1, -0.05) is 13.3 Å². The van der Waals surface area contributed by atoms with Crippen molar-refractivity contribution in [1.29, 1.82) is 0 Å². The van der Waals surface area contributed by atoms with Gasteiger partial charge in [-0.25, -0.2) is 0 Å². The highest BCUT2D eigenvalue weighted by molar-refractivity contribution is 5.78. The Kier molecular flexibility index (Phi) is 4.22. The van der Waals surface area contributed by atoms with Crippen LogP contribution in [0.5, 0.6) is 0 Å². The second-order valence-corrected chi connectivity index (χ2v) is 5.24. The molecule has 1 aliphatic carbocycles. The molecule has 1 unspecified atom stereocenters. The van der Waals surface area contributed by atoms with Crippen molar-refractivity contribution in [3.05, 3.63) is 0 Å². The lowest BCUT2D eigenvalue weighted by Gasteiger charge is -2.20. The number of carbonyl (C=O) groups is 1. The predicted molar refractivity (Wildman–Crippen MR) is 65.2 cm³/mol. The van der Waals surface area contributed by atoms with Crippen LogP contribution in [-0.4, -0.2) is 36.5 Å². The quantitative estimate of drug-likeness (QED) is 0.789. The Morgan fingerprint density at radius 2 is 2.06 bits per heavy atom. The first-order chi connectivity index (χ1) is 7.79. The third-order valence-electron chi connectivity index (χ3n) is 3.90. The van der Waals surface area contributed by atoms with Gasteiger partial charge >= 0.3 is 0 Å². The summed E-state index contributed by atoms with van der Waals surface area (Å²) in [5.74, 6) is 1.15. The molecular weight excluding hydrogens is 200 g/mol. The highest BCUT2D eigenvalue weighted by Gasteiger charge is 2.24. The van der Waals surface area contributed by atoms with Crippen molar-refractivity contribution in [2.24, 2.45) is 5.92 Å². The van der Waals surface area contributed by atoms with Crippen LogP contribution in [0.4, 0.5) is 0 Å². The number of hydrogen-bond acceptors (Lipinski definition) is 2. The van der Waals surface area contributed by atoms with E-state index in [9.17, 15) is 4.79 Å². The van der Waals surface area contributed by atoms with E-state index in [1.807, 2.05) is 0 Å². The smallest absolute Gasteiger partial charge is 0.236 e. The zero-order chi connectivity index (χ0) is 11.4. The normalized spacial score (nSPS) is 26.6. The summed E-state index contributed by atoms with van der Waals surface area (Å²) in [5, 5.41) is 3.31. The van der Waals surface area contributed by atoms with Gasteiger partial charge in [0, 0.05) is 19.1 Å². The van der Waals surface area contributed by atoms with Crippen LogP contribution in [0.25, 0.3) is 0 Å². The van der Waals surface area contributed by atoms with Gasteiger partial charge in [0.05, 0.1) is 6.54 Å². The Labute approximate surface area is 98.6 Å². The lowest BCUT2D eigenvalue weighted by atomic mass is 9.98. The van der Waals surface area contributed by atoms with E-state index >= 15 is 0 Å². The summed E-state index contributed by atoms with van der Waals surface area (Å²) in [6.45, 7) is 4.77. The molecule has 1 saturated heterocycles. The van der Waals surface area contributed by atoms with E-state index in [1.165, 1.54) is 38.5 Å². The molecule has 0 bridgehead atoms. The Balaban J connectivity index is 1.72. The number of nitrogens with zero attached hydrogens (tertiary/aromatic N) is 1. The molecule has 0 aromatic heterocycles. The van der Waals surface area contributed by atoms with Crippen molar-refractivity contribution in [3.63, 3.8) is 0 Å². The van der Waals surface area contributed by atoms with Crippen LogP contribution in [0, 0.1) is 5.92 Å². The molecule has 0 aromatic rings. The van der Waals surface area contributed by atoms with Crippen molar-refractivity contribution in [2.75, 3.05) is 19.6 Å². The average molecular weight is 224 g/mol. The number of carbonyl (C=O) groups excluding carboxylic acids is 1. The van der Waals surface area contributed by atoms with E-state index in [0.717, 1.165) is 19.0 Å². The minimum absolute atomic E-state index is 0.309. The van der Waals surface area contributed by atoms with Crippen molar-refractivity contribution < 1.29 is 4.79 Å². The summed E-state index contributed by atoms with van der Waals surface area (Å²) in [7, 11) is 0. The van der Waals surface area contributed by atoms with Crippen LogP contribution in [-0.2, 0) is 4.79 Å². The van der Waals surface area contributed by atoms with Crippen molar-refractivity contribution >= 4 is 5.91 Å². The Morgan fingerprint density at radius 3 is 2.75 bits per heavy atom. The van der Waals surface area contributed by atoms with Crippen LogP contribution in [0.2, 0.25) is 0 Å². The fraction of sp³-hybridized carbons (Fsp3) is 0.923. The minimum Gasteiger partial charge on any atom is -0.342 e. The second kappa shape index (κ2) is 5.67. The number of likely N-dealkylation sites (tertiary alicyclic amines) is 1. The molecule has 2 aliphatic rings. The molecule has 1 aliphatic heterocycles. The molecule has 3 heteroatoms. The largest absolute Gasteiger partial charge is 0.342 e. The van der Waals surface area contributed by atoms with Gasteiger partial charge in [-0.2, -0.15) is 0 Å². The molecule has 2 rings (SSSR count). The number of hydrogen-bond donors (Lipinski definition) is 1. The van der Waals surface area contributed by atoms with Crippen LogP contribution in [0.1, 0.15) is 45.4 Å². The molecule has 0 spiro atoms. The van der Waals surface area contributed by atoms with Gasteiger partial charge in [0.15, 0.2) is 0 Å². The molecule has 3 nitrogen and oxygen atoms in total. The molecule has 1 saturated carbocycles. The Morgan fingerprint density at radius 1 is 1.25 bits per heavy atom. The number of nitrogens with one attached hydrogen (secondary N) is 1.